The molecule has 1 nitrogen and oxygen atoms in total. The normalized spacial score (nSPS) is 10.7. The Kier molecular flexibility index (Phi) is 2.81. The smallest absolute Gasteiger partial charge is 0.150 e. The summed E-state index contributed by atoms with van der Waals surface area (Å²) in [5, 5.41) is 0.952. The number of thiophene rings is 1. The fourth-order valence-electron chi connectivity index (χ4n) is 1.35. The molecule has 0 amide bonds. The van der Waals surface area contributed by atoms with Gasteiger partial charge in [0.15, 0.2) is 6.29 Å². The molecule has 0 fully saturated rings. The molecule has 1 heterocycles. The zero-order chi connectivity index (χ0) is 10.1. The van der Waals surface area contributed by atoms with Crippen LogP contribution in [0.25, 0.3) is 10.1 Å². The van der Waals surface area contributed by atoms with Gasteiger partial charge in [0.25, 0.3) is 0 Å². The fraction of sp³-hybridized carbons (Fsp3) is 0.100. The van der Waals surface area contributed by atoms with E-state index < -0.39 is 0 Å². The molecule has 2 rings (SSSR count). The minimum Gasteiger partial charge on any atom is -0.298 e. The van der Waals surface area contributed by atoms with E-state index in [1.165, 1.54) is 0 Å². The molecule has 1 aromatic carbocycles. The lowest BCUT2D eigenvalue weighted by Crippen LogP contribution is -1.79. The van der Waals surface area contributed by atoms with E-state index in [-0.39, 0.29) is 0 Å². The van der Waals surface area contributed by atoms with E-state index in [4.69, 9.17) is 11.6 Å². The molecule has 0 aliphatic carbocycles. The third kappa shape index (κ3) is 1.56. The molecule has 0 bridgehead atoms. The molecular formula is C10H7ClOS2. The van der Waals surface area contributed by atoms with Crippen LogP contribution in [0.4, 0.5) is 0 Å². The second-order valence-corrected chi connectivity index (χ2v) is 4.77. The van der Waals surface area contributed by atoms with E-state index >= 15 is 0 Å². The van der Waals surface area contributed by atoms with Crippen LogP contribution in [-0.4, -0.2) is 6.29 Å². The van der Waals surface area contributed by atoms with Crippen LogP contribution in [0, 0.1) is 0 Å². The van der Waals surface area contributed by atoms with Gasteiger partial charge in [0.2, 0.25) is 0 Å². The minimum absolute atomic E-state index is 0.477. The van der Waals surface area contributed by atoms with Crippen LogP contribution in [0.15, 0.2) is 23.1 Å². The lowest BCUT2D eigenvalue weighted by Gasteiger charge is -1.96. The van der Waals surface area contributed by atoms with E-state index in [0.29, 0.717) is 11.4 Å². The third-order valence-electron chi connectivity index (χ3n) is 2.01. The Morgan fingerprint density at radius 1 is 1.50 bits per heavy atom. The summed E-state index contributed by atoms with van der Waals surface area (Å²) in [5.74, 6) is 0.477. The molecule has 0 unspecified atom stereocenters. The number of benzene rings is 1. The Balaban J connectivity index is 2.81. The molecule has 0 spiro atoms. The monoisotopic (exact) mass is 242 g/mol. The number of halogens is 1. The largest absolute Gasteiger partial charge is 0.298 e. The molecule has 0 aliphatic rings. The van der Waals surface area contributed by atoms with Gasteiger partial charge in [-0.2, -0.15) is 0 Å². The van der Waals surface area contributed by atoms with Crippen molar-refractivity contribution in [1.82, 2.24) is 0 Å². The van der Waals surface area contributed by atoms with Gasteiger partial charge in [0.1, 0.15) is 0 Å². The van der Waals surface area contributed by atoms with E-state index in [1.54, 1.807) is 17.4 Å². The van der Waals surface area contributed by atoms with Crippen molar-refractivity contribution in [2.45, 2.75) is 10.8 Å². The molecule has 2 aromatic rings. The molecule has 0 atom stereocenters. The predicted octanol–water partition coefficient (Wildman–Crippen LogP) is 3.74. The SMILES string of the molecule is O=Cc1ccc(S)c2sc(CCl)cc12. The highest BCUT2D eigenvalue weighted by atomic mass is 35.5. The Labute approximate surface area is 96.1 Å². The van der Waals surface area contributed by atoms with Crippen molar-refractivity contribution in [2.24, 2.45) is 0 Å². The van der Waals surface area contributed by atoms with Gasteiger partial charge in [-0.3, -0.25) is 4.79 Å². The number of fused-ring (bicyclic) bond motifs is 1. The van der Waals surface area contributed by atoms with Crippen molar-refractivity contribution in [3.8, 4) is 0 Å². The standard InChI is InChI=1S/C10H7ClOS2/c11-4-7-3-8-6(5-12)1-2-9(13)10(8)14-7/h1-3,5,13H,4H2. The number of hydrogen-bond acceptors (Lipinski definition) is 3. The summed E-state index contributed by atoms with van der Waals surface area (Å²) in [5.41, 5.74) is 0.699. The summed E-state index contributed by atoms with van der Waals surface area (Å²) >= 11 is 11.7. The van der Waals surface area contributed by atoms with Crippen molar-refractivity contribution in [2.75, 3.05) is 0 Å². The summed E-state index contributed by atoms with van der Waals surface area (Å²) in [4.78, 5) is 12.7. The minimum atomic E-state index is 0.477. The van der Waals surface area contributed by atoms with E-state index in [2.05, 4.69) is 12.6 Å². The summed E-state index contributed by atoms with van der Waals surface area (Å²) in [6.45, 7) is 0. The number of thiol groups is 1. The van der Waals surface area contributed by atoms with E-state index in [0.717, 1.165) is 26.1 Å². The van der Waals surface area contributed by atoms with Crippen molar-refractivity contribution >= 4 is 51.9 Å². The molecule has 14 heavy (non-hydrogen) atoms. The predicted molar refractivity (Wildman–Crippen MR) is 64.0 cm³/mol. The van der Waals surface area contributed by atoms with E-state index in [1.807, 2.05) is 12.1 Å². The first-order valence-corrected chi connectivity index (χ1v) is 5.81. The molecule has 0 saturated carbocycles. The van der Waals surface area contributed by atoms with Gasteiger partial charge < -0.3 is 0 Å². The first-order valence-electron chi connectivity index (χ1n) is 4.02. The maximum absolute atomic E-state index is 10.8. The van der Waals surface area contributed by atoms with Crippen molar-refractivity contribution in [3.05, 3.63) is 28.6 Å². The Morgan fingerprint density at radius 3 is 2.93 bits per heavy atom. The highest BCUT2D eigenvalue weighted by Crippen LogP contribution is 2.33. The zero-order valence-electron chi connectivity index (χ0n) is 7.16. The summed E-state index contributed by atoms with van der Waals surface area (Å²) in [7, 11) is 0. The Bertz CT molecular complexity index is 490. The van der Waals surface area contributed by atoms with Gasteiger partial charge in [-0.15, -0.1) is 35.6 Å². The van der Waals surface area contributed by atoms with Gasteiger partial charge in [0, 0.05) is 25.4 Å². The van der Waals surface area contributed by atoms with Crippen LogP contribution < -0.4 is 0 Å². The Morgan fingerprint density at radius 2 is 2.29 bits per heavy atom. The lowest BCUT2D eigenvalue weighted by atomic mass is 10.1. The molecule has 72 valence electrons. The van der Waals surface area contributed by atoms with Crippen molar-refractivity contribution < 1.29 is 4.79 Å². The highest BCUT2D eigenvalue weighted by molar-refractivity contribution is 7.80. The van der Waals surface area contributed by atoms with Crippen LogP contribution in [-0.2, 0) is 5.88 Å². The van der Waals surface area contributed by atoms with Crippen LogP contribution in [0.1, 0.15) is 15.2 Å². The van der Waals surface area contributed by atoms with Crippen LogP contribution in [0.5, 0.6) is 0 Å². The number of alkyl halides is 1. The first-order chi connectivity index (χ1) is 6.76. The molecular weight excluding hydrogens is 236 g/mol. The molecule has 0 aliphatic heterocycles. The van der Waals surface area contributed by atoms with Gasteiger partial charge >= 0.3 is 0 Å². The quantitative estimate of drug-likeness (QED) is 0.482. The zero-order valence-corrected chi connectivity index (χ0v) is 9.63. The number of rotatable bonds is 2. The maximum Gasteiger partial charge on any atom is 0.150 e. The lowest BCUT2D eigenvalue weighted by molar-refractivity contribution is 0.112. The van der Waals surface area contributed by atoms with Gasteiger partial charge in [0.05, 0.1) is 5.88 Å². The van der Waals surface area contributed by atoms with Gasteiger partial charge in [-0.05, 0) is 18.2 Å². The fourth-order valence-corrected chi connectivity index (χ4v) is 2.88. The van der Waals surface area contributed by atoms with Crippen molar-refractivity contribution in [1.29, 1.82) is 0 Å². The molecule has 4 heteroatoms. The highest BCUT2D eigenvalue weighted by Gasteiger charge is 2.07. The number of carbonyl (C=O) groups excluding carboxylic acids is 1. The number of carbonyl (C=O) groups is 1. The molecule has 0 N–H and O–H groups in total. The van der Waals surface area contributed by atoms with Crippen LogP contribution in [0.3, 0.4) is 0 Å². The summed E-state index contributed by atoms with van der Waals surface area (Å²) < 4.78 is 1.04. The van der Waals surface area contributed by atoms with E-state index in [9.17, 15) is 4.79 Å². The molecule has 0 radical (unpaired) electrons. The first kappa shape index (κ1) is 10.0. The van der Waals surface area contributed by atoms with Gasteiger partial charge in [-0.1, -0.05) is 0 Å². The van der Waals surface area contributed by atoms with Crippen LogP contribution >= 0.6 is 35.6 Å². The van der Waals surface area contributed by atoms with Crippen LogP contribution in [0.2, 0.25) is 0 Å². The van der Waals surface area contributed by atoms with Crippen molar-refractivity contribution in [3.63, 3.8) is 0 Å². The summed E-state index contributed by atoms with van der Waals surface area (Å²) in [6.07, 6.45) is 0.861. The maximum atomic E-state index is 10.8. The molecule has 1 aromatic heterocycles. The third-order valence-corrected chi connectivity index (χ3v) is 4.14. The number of aldehydes is 1. The summed E-state index contributed by atoms with van der Waals surface area (Å²) in [6, 6.07) is 5.57. The average molecular weight is 243 g/mol. The topological polar surface area (TPSA) is 17.1 Å². The Hall–Kier alpha value is -0.510. The number of hydrogen-bond donors (Lipinski definition) is 1. The second-order valence-electron chi connectivity index (χ2n) is 2.88. The van der Waals surface area contributed by atoms with Gasteiger partial charge in [-0.25, -0.2) is 0 Å². The second kappa shape index (κ2) is 3.93. The molecule has 0 saturated heterocycles. The average Bonchev–Trinajstić information content (AvgIpc) is 2.63.